The third-order valence-electron chi connectivity index (χ3n) is 8.35. The summed E-state index contributed by atoms with van der Waals surface area (Å²) in [5.41, 5.74) is 4.15. The molecule has 4 aromatic rings. The second kappa shape index (κ2) is 18.1. The highest BCUT2D eigenvalue weighted by molar-refractivity contribution is 6.45. The van der Waals surface area contributed by atoms with E-state index in [1.807, 2.05) is 54.6 Å². The van der Waals surface area contributed by atoms with Crippen LogP contribution in [-0.2, 0) is 45.1 Å². The van der Waals surface area contributed by atoms with Gasteiger partial charge in [0.2, 0.25) is 5.91 Å². The minimum atomic E-state index is -1.28. The number of nitrogens with zero attached hydrogens (tertiary/aromatic N) is 5. The molecule has 13 heteroatoms. The van der Waals surface area contributed by atoms with Crippen molar-refractivity contribution in [3.8, 4) is 0 Å². The van der Waals surface area contributed by atoms with E-state index in [1.165, 1.54) is 0 Å². The van der Waals surface area contributed by atoms with Crippen LogP contribution in [-0.4, -0.2) is 85.4 Å². The van der Waals surface area contributed by atoms with Crippen LogP contribution in [0.25, 0.3) is 0 Å². The number of carbonyl (C=O) groups excluding carboxylic acids is 2. The van der Waals surface area contributed by atoms with Crippen LogP contribution in [0.15, 0.2) is 97.5 Å². The summed E-state index contributed by atoms with van der Waals surface area (Å²) >= 11 is 0. The van der Waals surface area contributed by atoms with Crippen LogP contribution in [0.1, 0.15) is 41.9 Å². The highest BCUT2D eigenvalue weighted by atomic mass is 16.5. The average molecular weight is 665 g/mol. The Morgan fingerprint density at radius 2 is 1.33 bits per heavy atom. The fraction of sp³-hybridized carbons (Fsp3) is 0.333. The molecule has 12 nitrogen and oxygen atoms in total. The first-order valence-corrected chi connectivity index (χ1v) is 16.4. The standard InChI is InChI=1S/C36H41BN6O6/c44-33(22-28-12-15-34(36(46)47)49-37(28)48)21-27-10-13-29(14-11-27)41-35(45)26-43(25-32-9-3-6-18-40-32)20-19-42(23-30-7-1-4-16-38-30)24-31-8-2-5-17-39-31/h1-11,13-14,16-18,28,34,48H,12,15,19-26H2,(H,41,45)(H,46,47)/t28-,34-/m1/s1. The van der Waals surface area contributed by atoms with Crippen molar-refractivity contribution in [3.63, 3.8) is 0 Å². The van der Waals surface area contributed by atoms with Gasteiger partial charge in [0.1, 0.15) is 11.9 Å². The van der Waals surface area contributed by atoms with Gasteiger partial charge >= 0.3 is 13.1 Å². The van der Waals surface area contributed by atoms with Crippen LogP contribution < -0.4 is 5.32 Å². The van der Waals surface area contributed by atoms with E-state index in [0.717, 1.165) is 22.6 Å². The fourth-order valence-corrected chi connectivity index (χ4v) is 5.81. The first-order chi connectivity index (χ1) is 23.8. The molecule has 2 atom stereocenters. The summed E-state index contributed by atoms with van der Waals surface area (Å²) in [5.74, 6) is -1.81. The fourth-order valence-electron chi connectivity index (χ4n) is 5.81. The normalized spacial score (nSPS) is 16.1. The predicted octanol–water partition coefficient (Wildman–Crippen LogP) is 3.63. The molecule has 1 aromatic carbocycles. The van der Waals surface area contributed by atoms with Gasteiger partial charge in [0.25, 0.3) is 0 Å². The van der Waals surface area contributed by atoms with E-state index >= 15 is 0 Å². The number of rotatable bonds is 17. The summed E-state index contributed by atoms with van der Waals surface area (Å²) in [4.78, 5) is 54.9. The second-order valence-corrected chi connectivity index (χ2v) is 12.2. The third kappa shape index (κ3) is 11.7. The topological polar surface area (TPSA) is 158 Å². The number of carbonyl (C=O) groups is 3. The highest BCUT2D eigenvalue weighted by Crippen LogP contribution is 2.30. The third-order valence-corrected chi connectivity index (χ3v) is 8.35. The number of amides is 1. The van der Waals surface area contributed by atoms with Crippen molar-refractivity contribution in [2.45, 2.75) is 57.2 Å². The van der Waals surface area contributed by atoms with Crippen LogP contribution in [0.2, 0.25) is 5.82 Å². The minimum Gasteiger partial charge on any atom is -0.479 e. The number of ketones is 1. The Hall–Kier alpha value is -4.82. The molecule has 1 fully saturated rings. The van der Waals surface area contributed by atoms with Crippen LogP contribution in [0.5, 0.6) is 0 Å². The van der Waals surface area contributed by atoms with E-state index < -0.39 is 25.0 Å². The molecule has 3 aromatic heterocycles. The van der Waals surface area contributed by atoms with Gasteiger partial charge in [0, 0.05) is 75.7 Å². The maximum absolute atomic E-state index is 13.3. The van der Waals surface area contributed by atoms with E-state index in [-0.39, 0.29) is 37.5 Å². The number of aromatic nitrogens is 3. The summed E-state index contributed by atoms with van der Waals surface area (Å²) in [6.45, 7) is 3.18. The second-order valence-electron chi connectivity index (χ2n) is 12.2. The van der Waals surface area contributed by atoms with Crippen LogP contribution in [0.4, 0.5) is 5.69 Å². The number of carboxylic acids is 1. The molecule has 4 heterocycles. The monoisotopic (exact) mass is 664 g/mol. The molecule has 3 N–H and O–H groups in total. The van der Waals surface area contributed by atoms with Crippen molar-refractivity contribution in [3.05, 3.63) is 120 Å². The molecule has 0 bridgehead atoms. The lowest BCUT2D eigenvalue weighted by molar-refractivity contribution is -0.147. The quantitative estimate of drug-likeness (QED) is 0.142. The number of carboxylic acid groups (broad SMARTS) is 1. The summed E-state index contributed by atoms with van der Waals surface area (Å²) in [7, 11) is -1.28. The predicted molar refractivity (Wildman–Crippen MR) is 184 cm³/mol. The summed E-state index contributed by atoms with van der Waals surface area (Å²) in [6.07, 6.45) is 5.18. The number of pyridine rings is 3. The lowest BCUT2D eigenvalue weighted by Gasteiger charge is -2.28. The van der Waals surface area contributed by atoms with E-state index in [0.29, 0.717) is 44.8 Å². The Balaban J connectivity index is 1.16. The zero-order valence-electron chi connectivity index (χ0n) is 27.3. The Labute approximate surface area is 286 Å². The molecule has 1 aliphatic rings. The molecule has 1 aliphatic heterocycles. The van der Waals surface area contributed by atoms with E-state index in [1.54, 1.807) is 42.9 Å². The van der Waals surface area contributed by atoms with Crippen LogP contribution in [0.3, 0.4) is 0 Å². The Kier molecular flexibility index (Phi) is 13.1. The van der Waals surface area contributed by atoms with Gasteiger partial charge in [-0.3, -0.25) is 34.3 Å². The van der Waals surface area contributed by atoms with Gasteiger partial charge in [0.05, 0.1) is 23.6 Å². The van der Waals surface area contributed by atoms with Gasteiger partial charge in [-0.1, -0.05) is 30.3 Å². The van der Waals surface area contributed by atoms with Crippen molar-refractivity contribution in [1.82, 2.24) is 24.8 Å². The largest absolute Gasteiger partial charge is 0.479 e. The maximum atomic E-state index is 13.3. The summed E-state index contributed by atoms with van der Waals surface area (Å²) in [5, 5.41) is 22.2. The number of Topliss-reactive ketones (excluding diaryl/α,β-unsaturated/α-hetero) is 1. The number of anilines is 1. The molecule has 254 valence electrons. The molecule has 0 saturated carbocycles. The highest BCUT2D eigenvalue weighted by Gasteiger charge is 2.38. The van der Waals surface area contributed by atoms with Gasteiger partial charge in [-0.2, -0.15) is 0 Å². The summed E-state index contributed by atoms with van der Waals surface area (Å²) < 4.78 is 5.15. The van der Waals surface area contributed by atoms with Crippen molar-refractivity contribution in [2.24, 2.45) is 0 Å². The van der Waals surface area contributed by atoms with E-state index in [9.17, 15) is 19.4 Å². The molecule has 0 spiro atoms. The summed E-state index contributed by atoms with van der Waals surface area (Å²) in [6, 6.07) is 24.6. The van der Waals surface area contributed by atoms with Gasteiger partial charge in [0.15, 0.2) is 0 Å². The average Bonchev–Trinajstić information content (AvgIpc) is 3.10. The number of hydrogen-bond acceptors (Lipinski definition) is 10. The zero-order chi connectivity index (χ0) is 34.4. The molecular weight excluding hydrogens is 623 g/mol. The van der Waals surface area contributed by atoms with Crippen LogP contribution in [0, 0.1) is 0 Å². The van der Waals surface area contributed by atoms with Crippen molar-refractivity contribution in [1.29, 1.82) is 0 Å². The van der Waals surface area contributed by atoms with E-state index in [4.69, 9.17) is 9.76 Å². The molecule has 49 heavy (non-hydrogen) atoms. The van der Waals surface area contributed by atoms with Crippen molar-refractivity contribution in [2.75, 3.05) is 25.0 Å². The number of nitrogens with one attached hydrogen (secondary N) is 1. The number of aliphatic carboxylic acids is 1. The van der Waals surface area contributed by atoms with E-state index in [2.05, 4.69) is 30.1 Å². The molecule has 0 aliphatic carbocycles. The lowest BCUT2D eigenvalue weighted by Crippen LogP contribution is -2.40. The molecule has 0 unspecified atom stereocenters. The Morgan fingerprint density at radius 1 is 0.776 bits per heavy atom. The number of benzene rings is 1. The molecule has 1 saturated heterocycles. The molecule has 0 radical (unpaired) electrons. The smallest absolute Gasteiger partial charge is 0.458 e. The SMILES string of the molecule is O=C(Cc1ccc(NC(=O)CN(CCN(Cc2ccccn2)Cc2ccccn2)Cc2ccccn2)cc1)C[C@H]1CC[C@H](C(=O)O)OB1O. The first-order valence-electron chi connectivity index (χ1n) is 16.4. The van der Waals surface area contributed by atoms with Gasteiger partial charge < -0.3 is 20.1 Å². The minimum absolute atomic E-state index is 0.0801. The number of hydrogen-bond donors (Lipinski definition) is 3. The van der Waals surface area contributed by atoms with Crippen LogP contribution >= 0.6 is 0 Å². The molecular formula is C36H41BN6O6. The zero-order valence-corrected chi connectivity index (χ0v) is 27.3. The lowest BCUT2D eigenvalue weighted by atomic mass is 9.64. The molecule has 5 rings (SSSR count). The maximum Gasteiger partial charge on any atom is 0.458 e. The van der Waals surface area contributed by atoms with Gasteiger partial charge in [-0.15, -0.1) is 0 Å². The van der Waals surface area contributed by atoms with Crippen molar-refractivity contribution >= 4 is 30.5 Å². The van der Waals surface area contributed by atoms with Gasteiger partial charge in [-0.05, 0) is 66.9 Å². The molecule has 1 amide bonds. The first kappa shape index (κ1) is 35.5. The van der Waals surface area contributed by atoms with Crippen molar-refractivity contribution < 1.29 is 29.2 Å². The Morgan fingerprint density at radius 3 is 1.84 bits per heavy atom. The van der Waals surface area contributed by atoms with Gasteiger partial charge in [-0.25, -0.2) is 4.79 Å². The Bertz CT molecular complexity index is 1590.